The maximum absolute atomic E-state index is 8.60. The summed E-state index contributed by atoms with van der Waals surface area (Å²) in [5, 5.41) is 16.2. The van der Waals surface area contributed by atoms with Crippen LogP contribution in [0.2, 0.25) is 0 Å². The van der Waals surface area contributed by atoms with Crippen LogP contribution in [0.15, 0.2) is 0 Å². The molecular formula is C9H12N4. The van der Waals surface area contributed by atoms with Crippen molar-refractivity contribution in [2.24, 2.45) is 0 Å². The Balaban J connectivity index is 2.42. The average molecular weight is 176 g/mol. The van der Waals surface area contributed by atoms with Gasteiger partial charge < -0.3 is 5.32 Å². The standard InChI is InChI=1S/C9H12N4/c1-7-8-6-11-4-2-9(8)13(12-7)5-3-10/h11H,2,4-6H2,1H3. The molecule has 0 bridgehead atoms. The smallest absolute Gasteiger partial charge is 0.128 e. The highest BCUT2D eigenvalue weighted by Crippen LogP contribution is 2.17. The number of hydrogen-bond donors (Lipinski definition) is 1. The van der Waals surface area contributed by atoms with E-state index in [-0.39, 0.29) is 0 Å². The Bertz CT molecular complexity index is 358. The van der Waals surface area contributed by atoms with Crippen molar-refractivity contribution in [1.29, 1.82) is 5.26 Å². The number of rotatable bonds is 1. The summed E-state index contributed by atoms with van der Waals surface area (Å²) in [7, 11) is 0. The van der Waals surface area contributed by atoms with E-state index >= 15 is 0 Å². The van der Waals surface area contributed by atoms with E-state index in [1.165, 1.54) is 11.3 Å². The molecule has 1 aliphatic rings. The van der Waals surface area contributed by atoms with Crippen LogP contribution in [-0.2, 0) is 19.5 Å². The molecule has 4 heteroatoms. The Kier molecular flexibility index (Phi) is 2.03. The Morgan fingerprint density at radius 3 is 3.31 bits per heavy atom. The summed E-state index contributed by atoms with van der Waals surface area (Å²) in [5.41, 5.74) is 3.57. The van der Waals surface area contributed by atoms with Crippen LogP contribution in [-0.4, -0.2) is 16.3 Å². The summed E-state index contributed by atoms with van der Waals surface area (Å²) >= 11 is 0. The highest BCUT2D eigenvalue weighted by molar-refractivity contribution is 5.27. The fourth-order valence-corrected chi connectivity index (χ4v) is 1.79. The molecule has 13 heavy (non-hydrogen) atoms. The molecule has 68 valence electrons. The molecule has 0 radical (unpaired) electrons. The monoisotopic (exact) mass is 176 g/mol. The van der Waals surface area contributed by atoms with Gasteiger partial charge in [0.2, 0.25) is 0 Å². The molecule has 0 atom stereocenters. The van der Waals surface area contributed by atoms with Gasteiger partial charge in [0.05, 0.1) is 11.8 Å². The van der Waals surface area contributed by atoms with Gasteiger partial charge in [-0.2, -0.15) is 10.4 Å². The van der Waals surface area contributed by atoms with E-state index in [9.17, 15) is 0 Å². The van der Waals surface area contributed by atoms with E-state index in [1.807, 2.05) is 11.6 Å². The summed E-state index contributed by atoms with van der Waals surface area (Å²) in [4.78, 5) is 0. The Labute approximate surface area is 77.2 Å². The SMILES string of the molecule is Cc1nn(CC#N)c2c1CNCC2. The summed E-state index contributed by atoms with van der Waals surface area (Å²) in [6.07, 6.45) is 0.984. The first-order valence-corrected chi connectivity index (χ1v) is 4.45. The lowest BCUT2D eigenvalue weighted by molar-refractivity contribution is 0.590. The van der Waals surface area contributed by atoms with Gasteiger partial charge >= 0.3 is 0 Å². The number of nitriles is 1. The third-order valence-corrected chi connectivity index (χ3v) is 2.43. The number of nitrogens with zero attached hydrogens (tertiary/aromatic N) is 3. The molecule has 0 saturated heterocycles. The van der Waals surface area contributed by atoms with Crippen LogP contribution in [0.5, 0.6) is 0 Å². The minimum absolute atomic E-state index is 0.371. The van der Waals surface area contributed by atoms with Gasteiger partial charge in [0, 0.05) is 30.8 Å². The molecule has 1 aromatic heterocycles. The molecule has 0 saturated carbocycles. The first-order chi connectivity index (χ1) is 6.33. The second-order valence-corrected chi connectivity index (χ2v) is 3.25. The van der Waals surface area contributed by atoms with Gasteiger partial charge in [-0.05, 0) is 6.92 Å². The maximum Gasteiger partial charge on any atom is 0.128 e. The van der Waals surface area contributed by atoms with Gasteiger partial charge in [0.25, 0.3) is 0 Å². The minimum Gasteiger partial charge on any atom is -0.312 e. The molecule has 0 spiro atoms. The molecule has 0 fully saturated rings. The van der Waals surface area contributed by atoms with E-state index in [0.717, 1.165) is 25.2 Å². The average Bonchev–Trinajstić information content (AvgIpc) is 2.46. The van der Waals surface area contributed by atoms with Crippen LogP contribution < -0.4 is 5.32 Å². The normalized spacial score (nSPS) is 15.1. The summed E-state index contributed by atoms with van der Waals surface area (Å²) in [6, 6.07) is 2.13. The van der Waals surface area contributed by atoms with Gasteiger partial charge in [-0.15, -0.1) is 0 Å². The number of aromatic nitrogens is 2. The first kappa shape index (κ1) is 8.27. The molecule has 4 nitrogen and oxygen atoms in total. The number of nitrogens with one attached hydrogen (secondary N) is 1. The molecular weight excluding hydrogens is 164 g/mol. The quantitative estimate of drug-likeness (QED) is 0.672. The molecule has 2 heterocycles. The van der Waals surface area contributed by atoms with Crippen LogP contribution in [0, 0.1) is 18.3 Å². The zero-order chi connectivity index (χ0) is 9.26. The van der Waals surface area contributed by atoms with Gasteiger partial charge in [0.15, 0.2) is 0 Å². The lowest BCUT2D eigenvalue weighted by Gasteiger charge is -2.14. The van der Waals surface area contributed by atoms with E-state index in [1.54, 1.807) is 0 Å². The molecule has 0 aliphatic carbocycles. The second-order valence-electron chi connectivity index (χ2n) is 3.25. The molecule has 1 aromatic rings. The zero-order valence-electron chi connectivity index (χ0n) is 7.67. The zero-order valence-corrected chi connectivity index (χ0v) is 7.67. The summed E-state index contributed by atoms with van der Waals surface area (Å²) in [6.45, 7) is 4.26. The molecule has 1 N–H and O–H groups in total. The number of fused-ring (bicyclic) bond motifs is 1. The van der Waals surface area contributed by atoms with Crippen molar-refractivity contribution < 1.29 is 0 Å². The van der Waals surface area contributed by atoms with Crippen LogP contribution in [0.3, 0.4) is 0 Å². The third kappa shape index (κ3) is 1.31. The minimum atomic E-state index is 0.371. The summed E-state index contributed by atoms with van der Waals surface area (Å²) in [5.74, 6) is 0. The highest BCUT2D eigenvalue weighted by atomic mass is 15.3. The van der Waals surface area contributed by atoms with Gasteiger partial charge in [-0.1, -0.05) is 0 Å². The second kappa shape index (κ2) is 3.19. The number of aryl methyl sites for hydroxylation is 1. The predicted octanol–water partition coefficient (Wildman–Crippen LogP) is 0.361. The van der Waals surface area contributed by atoms with Gasteiger partial charge in [-0.3, -0.25) is 4.68 Å². The van der Waals surface area contributed by atoms with Crippen molar-refractivity contribution >= 4 is 0 Å². The Morgan fingerprint density at radius 1 is 1.69 bits per heavy atom. The molecule has 0 amide bonds. The van der Waals surface area contributed by atoms with Crippen molar-refractivity contribution in [2.45, 2.75) is 26.4 Å². The molecule has 2 rings (SSSR count). The van der Waals surface area contributed by atoms with Crippen LogP contribution in [0.4, 0.5) is 0 Å². The molecule has 1 aliphatic heterocycles. The van der Waals surface area contributed by atoms with Crippen molar-refractivity contribution in [3.8, 4) is 6.07 Å². The Hall–Kier alpha value is -1.34. The highest BCUT2D eigenvalue weighted by Gasteiger charge is 2.17. The topological polar surface area (TPSA) is 53.6 Å². The fraction of sp³-hybridized carbons (Fsp3) is 0.556. The van der Waals surface area contributed by atoms with Crippen molar-refractivity contribution in [3.05, 3.63) is 17.0 Å². The fourth-order valence-electron chi connectivity index (χ4n) is 1.79. The van der Waals surface area contributed by atoms with Crippen molar-refractivity contribution in [1.82, 2.24) is 15.1 Å². The van der Waals surface area contributed by atoms with Crippen LogP contribution in [0.25, 0.3) is 0 Å². The lowest BCUT2D eigenvalue weighted by Crippen LogP contribution is -2.25. The van der Waals surface area contributed by atoms with Crippen molar-refractivity contribution in [3.63, 3.8) is 0 Å². The van der Waals surface area contributed by atoms with Gasteiger partial charge in [0.1, 0.15) is 6.54 Å². The molecule has 0 aromatic carbocycles. The maximum atomic E-state index is 8.60. The summed E-state index contributed by atoms with van der Waals surface area (Å²) < 4.78 is 1.82. The number of hydrogen-bond acceptors (Lipinski definition) is 3. The van der Waals surface area contributed by atoms with Crippen molar-refractivity contribution in [2.75, 3.05) is 6.54 Å². The predicted molar refractivity (Wildman–Crippen MR) is 48.0 cm³/mol. The largest absolute Gasteiger partial charge is 0.312 e. The van der Waals surface area contributed by atoms with Crippen LogP contribution >= 0.6 is 0 Å². The van der Waals surface area contributed by atoms with E-state index in [4.69, 9.17) is 5.26 Å². The lowest BCUT2D eigenvalue weighted by atomic mass is 10.1. The van der Waals surface area contributed by atoms with E-state index in [0.29, 0.717) is 6.54 Å². The third-order valence-electron chi connectivity index (χ3n) is 2.43. The first-order valence-electron chi connectivity index (χ1n) is 4.45. The van der Waals surface area contributed by atoms with Crippen LogP contribution in [0.1, 0.15) is 17.0 Å². The van der Waals surface area contributed by atoms with E-state index < -0.39 is 0 Å². The Morgan fingerprint density at radius 2 is 2.54 bits per heavy atom. The van der Waals surface area contributed by atoms with E-state index in [2.05, 4.69) is 16.5 Å². The van der Waals surface area contributed by atoms with Gasteiger partial charge in [-0.25, -0.2) is 0 Å². The molecule has 0 unspecified atom stereocenters.